The highest BCUT2D eigenvalue weighted by atomic mass is 32.1. The normalized spacial score (nSPS) is 12.5. The van der Waals surface area contributed by atoms with E-state index < -0.39 is 0 Å². The number of thiophene rings is 2. The summed E-state index contributed by atoms with van der Waals surface area (Å²) >= 11 is 3.21. The number of carbonyl (C=O) groups is 1. The van der Waals surface area contributed by atoms with Crippen molar-refractivity contribution in [2.45, 2.75) is 13.0 Å². The Bertz CT molecular complexity index is 758. The van der Waals surface area contributed by atoms with Crippen molar-refractivity contribution in [2.24, 2.45) is 0 Å². The van der Waals surface area contributed by atoms with E-state index in [1.807, 2.05) is 30.3 Å². The molecule has 2 heterocycles. The van der Waals surface area contributed by atoms with Crippen LogP contribution in [0.5, 0.6) is 0 Å². The van der Waals surface area contributed by atoms with E-state index in [9.17, 15) is 4.79 Å². The number of amides is 1. The van der Waals surface area contributed by atoms with Gasteiger partial charge in [-0.25, -0.2) is 0 Å². The van der Waals surface area contributed by atoms with Gasteiger partial charge in [0.2, 0.25) is 0 Å². The number of rotatable bonds is 5. The van der Waals surface area contributed by atoms with Crippen LogP contribution in [0.4, 0.5) is 0 Å². The minimum atomic E-state index is -0.1000. The lowest BCUT2D eigenvalue weighted by Crippen LogP contribution is -2.28. The number of hydrogen-bond donors (Lipinski definition) is 1. The van der Waals surface area contributed by atoms with Gasteiger partial charge in [-0.3, -0.25) is 4.79 Å². The predicted molar refractivity (Wildman–Crippen MR) is 93.0 cm³/mol. The second-order valence-corrected chi connectivity index (χ2v) is 7.43. The van der Waals surface area contributed by atoms with Crippen molar-refractivity contribution in [1.29, 1.82) is 0 Å². The highest BCUT2D eigenvalue weighted by Crippen LogP contribution is 2.26. The number of aryl methyl sites for hydroxylation is 1. The molecule has 3 aromatic rings. The Kier molecular flexibility index (Phi) is 4.57. The van der Waals surface area contributed by atoms with Crippen molar-refractivity contribution < 1.29 is 9.53 Å². The zero-order valence-corrected chi connectivity index (χ0v) is 14.1. The van der Waals surface area contributed by atoms with Gasteiger partial charge in [0, 0.05) is 28.1 Å². The molecule has 1 aromatic carbocycles. The summed E-state index contributed by atoms with van der Waals surface area (Å²) in [4.78, 5) is 15.4. The Hall–Kier alpha value is -1.69. The molecule has 0 bridgehead atoms. The molecule has 3 rings (SSSR count). The molecule has 0 spiro atoms. The Morgan fingerprint density at radius 3 is 2.73 bits per heavy atom. The number of carbonyl (C=O) groups excluding carboxylic acids is 1. The van der Waals surface area contributed by atoms with E-state index in [4.69, 9.17) is 4.74 Å². The van der Waals surface area contributed by atoms with E-state index in [0.29, 0.717) is 6.54 Å². The van der Waals surface area contributed by atoms with Crippen molar-refractivity contribution >= 4 is 38.7 Å². The number of fused-ring (bicyclic) bond motifs is 1. The largest absolute Gasteiger partial charge is 0.374 e. The van der Waals surface area contributed by atoms with Crippen LogP contribution in [0.15, 0.2) is 42.5 Å². The van der Waals surface area contributed by atoms with Crippen LogP contribution >= 0.6 is 22.7 Å². The monoisotopic (exact) mass is 331 g/mol. The Balaban J connectivity index is 1.68. The van der Waals surface area contributed by atoms with Gasteiger partial charge in [-0.2, -0.15) is 0 Å². The SMILES string of the molecule is CO[C@@H](CNC(=O)c1cc2ccccc2s1)c1ccc(C)s1. The van der Waals surface area contributed by atoms with Crippen LogP contribution in [0, 0.1) is 6.92 Å². The lowest BCUT2D eigenvalue weighted by Gasteiger charge is -2.14. The molecule has 0 radical (unpaired) electrons. The molecule has 5 heteroatoms. The van der Waals surface area contributed by atoms with Gasteiger partial charge in [0.1, 0.15) is 6.10 Å². The third-order valence-electron chi connectivity index (χ3n) is 3.46. The van der Waals surface area contributed by atoms with Gasteiger partial charge in [0.05, 0.1) is 4.88 Å². The highest BCUT2D eigenvalue weighted by molar-refractivity contribution is 7.20. The standard InChI is InChI=1S/C17H17NO2S2/c1-11-7-8-15(21-11)13(20-2)10-18-17(19)16-9-12-5-3-4-6-14(12)22-16/h3-9,13H,10H2,1-2H3,(H,18,19)/t13-/m0/s1. The number of benzene rings is 1. The van der Waals surface area contributed by atoms with Crippen molar-refractivity contribution in [3.05, 3.63) is 57.1 Å². The Morgan fingerprint density at radius 1 is 1.23 bits per heavy atom. The van der Waals surface area contributed by atoms with E-state index in [0.717, 1.165) is 19.8 Å². The molecule has 0 aliphatic carbocycles. The first kappa shape index (κ1) is 15.2. The van der Waals surface area contributed by atoms with E-state index in [-0.39, 0.29) is 12.0 Å². The summed E-state index contributed by atoms with van der Waals surface area (Å²) in [6.45, 7) is 2.54. The Labute approximate surface area is 137 Å². The summed E-state index contributed by atoms with van der Waals surface area (Å²) in [7, 11) is 1.67. The zero-order valence-electron chi connectivity index (χ0n) is 12.5. The molecular formula is C17H17NO2S2. The van der Waals surface area contributed by atoms with E-state index in [1.54, 1.807) is 18.4 Å². The fourth-order valence-electron chi connectivity index (χ4n) is 2.29. The minimum Gasteiger partial charge on any atom is -0.374 e. The summed E-state index contributed by atoms with van der Waals surface area (Å²) in [5, 5.41) is 4.08. The van der Waals surface area contributed by atoms with Crippen LogP contribution in [0.25, 0.3) is 10.1 Å². The smallest absolute Gasteiger partial charge is 0.261 e. The first-order chi connectivity index (χ1) is 10.7. The minimum absolute atomic E-state index is 0.0449. The zero-order chi connectivity index (χ0) is 15.5. The van der Waals surface area contributed by atoms with Gasteiger partial charge in [-0.05, 0) is 36.6 Å². The maximum atomic E-state index is 12.3. The molecule has 0 aliphatic heterocycles. The molecule has 1 atom stereocenters. The topological polar surface area (TPSA) is 38.3 Å². The molecule has 2 aromatic heterocycles. The molecule has 22 heavy (non-hydrogen) atoms. The van der Waals surface area contributed by atoms with Crippen LogP contribution in [-0.2, 0) is 4.74 Å². The molecular weight excluding hydrogens is 314 g/mol. The lowest BCUT2D eigenvalue weighted by atomic mass is 10.2. The molecule has 1 amide bonds. The van der Waals surface area contributed by atoms with Crippen LogP contribution in [0.2, 0.25) is 0 Å². The van der Waals surface area contributed by atoms with Crippen LogP contribution in [0.1, 0.15) is 25.5 Å². The van der Waals surface area contributed by atoms with Crippen molar-refractivity contribution in [1.82, 2.24) is 5.32 Å². The molecule has 0 fully saturated rings. The fraction of sp³-hybridized carbons (Fsp3) is 0.235. The highest BCUT2D eigenvalue weighted by Gasteiger charge is 2.16. The van der Waals surface area contributed by atoms with Crippen LogP contribution in [-0.4, -0.2) is 19.6 Å². The number of nitrogens with one attached hydrogen (secondary N) is 1. The summed E-state index contributed by atoms with van der Waals surface area (Å²) in [6, 6.07) is 14.1. The lowest BCUT2D eigenvalue weighted by molar-refractivity contribution is 0.0841. The van der Waals surface area contributed by atoms with E-state index in [2.05, 4.69) is 24.4 Å². The maximum Gasteiger partial charge on any atom is 0.261 e. The van der Waals surface area contributed by atoms with Gasteiger partial charge in [0.25, 0.3) is 5.91 Å². The quantitative estimate of drug-likeness (QED) is 0.753. The third-order valence-corrected chi connectivity index (χ3v) is 5.67. The maximum absolute atomic E-state index is 12.3. The predicted octanol–water partition coefficient (Wildman–Crippen LogP) is 4.39. The van der Waals surface area contributed by atoms with Gasteiger partial charge in [-0.1, -0.05) is 18.2 Å². The van der Waals surface area contributed by atoms with Crippen LogP contribution in [0.3, 0.4) is 0 Å². The summed E-state index contributed by atoms with van der Waals surface area (Å²) < 4.78 is 6.62. The van der Waals surface area contributed by atoms with Gasteiger partial charge < -0.3 is 10.1 Å². The summed E-state index contributed by atoms with van der Waals surface area (Å²) in [5.74, 6) is -0.0449. The first-order valence-electron chi connectivity index (χ1n) is 7.03. The first-order valence-corrected chi connectivity index (χ1v) is 8.66. The van der Waals surface area contributed by atoms with Crippen molar-refractivity contribution in [3.8, 4) is 0 Å². The van der Waals surface area contributed by atoms with Gasteiger partial charge in [-0.15, -0.1) is 22.7 Å². The van der Waals surface area contributed by atoms with Gasteiger partial charge in [0.15, 0.2) is 0 Å². The molecule has 114 valence electrons. The third kappa shape index (κ3) is 3.21. The molecule has 0 saturated heterocycles. The number of methoxy groups -OCH3 is 1. The van der Waals surface area contributed by atoms with Gasteiger partial charge >= 0.3 is 0 Å². The molecule has 3 nitrogen and oxygen atoms in total. The molecule has 0 unspecified atom stereocenters. The molecule has 0 aliphatic rings. The molecule has 0 saturated carbocycles. The summed E-state index contributed by atoms with van der Waals surface area (Å²) in [6.07, 6.45) is -0.1000. The number of hydrogen-bond acceptors (Lipinski definition) is 4. The Morgan fingerprint density at radius 2 is 2.05 bits per heavy atom. The van der Waals surface area contributed by atoms with Crippen LogP contribution < -0.4 is 5.32 Å². The van der Waals surface area contributed by atoms with E-state index >= 15 is 0 Å². The molecule has 1 N–H and O–H groups in total. The van der Waals surface area contributed by atoms with Crippen molar-refractivity contribution in [3.63, 3.8) is 0 Å². The average molecular weight is 331 g/mol. The fourth-order valence-corrected chi connectivity index (χ4v) is 4.23. The number of ether oxygens (including phenoxy) is 1. The average Bonchev–Trinajstić information content (AvgIpc) is 3.14. The second kappa shape index (κ2) is 6.60. The summed E-state index contributed by atoms with van der Waals surface area (Å²) in [5.41, 5.74) is 0. The van der Waals surface area contributed by atoms with Crippen molar-refractivity contribution in [2.75, 3.05) is 13.7 Å². The van der Waals surface area contributed by atoms with E-state index in [1.165, 1.54) is 16.2 Å². The second-order valence-electron chi connectivity index (χ2n) is 5.03.